The minimum Gasteiger partial charge on any atom is -0.368 e. The highest BCUT2D eigenvalue weighted by molar-refractivity contribution is 5.21. The first kappa shape index (κ1) is 15.6. The molecule has 1 saturated heterocycles. The first-order chi connectivity index (χ1) is 11.2. The van der Waals surface area contributed by atoms with Gasteiger partial charge in [-0.25, -0.2) is 4.98 Å². The van der Waals surface area contributed by atoms with Crippen molar-refractivity contribution in [3.8, 4) is 6.07 Å². The number of rotatable bonds is 5. The molecule has 0 unspecified atom stereocenters. The Morgan fingerprint density at radius 1 is 1.48 bits per heavy atom. The van der Waals surface area contributed by atoms with Crippen LogP contribution in [0.1, 0.15) is 43.1 Å². The van der Waals surface area contributed by atoms with Crippen LogP contribution in [0.4, 0.5) is 0 Å². The van der Waals surface area contributed by atoms with Gasteiger partial charge in [0.1, 0.15) is 12.2 Å². The van der Waals surface area contributed by atoms with Gasteiger partial charge in [-0.15, -0.1) is 0 Å². The van der Waals surface area contributed by atoms with Crippen LogP contribution in [0.15, 0.2) is 12.4 Å². The number of H-pyrrole nitrogens is 1. The third kappa shape index (κ3) is 3.75. The predicted molar refractivity (Wildman–Crippen MR) is 82.5 cm³/mol. The molecule has 1 N–H and O–H groups in total. The van der Waals surface area contributed by atoms with E-state index in [9.17, 15) is 0 Å². The maximum atomic E-state index is 8.82. The van der Waals surface area contributed by atoms with E-state index in [-0.39, 0.29) is 6.10 Å². The van der Waals surface area contributed by atoms with Gasteiger partial charge in [-0.3, -0.25) is 14.7 Å². The molecule has 2 aromatic heterocycles. The maximum absolute atomic E-state index is 8.82. The SMILES string of the molecule is CC(C)c1n[nH]c([C@@H]2CN(CCn3cc(C#N)cn3)CCO2)n1. The molecule has 1 fully saturated rings. The molecule has 8 nitrogen and oxygen atoms in total. The summed E-state index contributed by atoms with van der Waals surface area (Å²) in [4.78, 5) is 6.85. The molecule has 0 amide bonds. The Morgan fingerprint density at radius 2 is 2.35 bits per heavy atom. The first-order valence-electron chi connectivity index (χ1n) is 7.84. The van der Waals surface area contributed by atoms with Gasteiger partial charge in [-0.2, -0.15) is 15.5 Å². The van der Waals surface area contributed by atoms with Crippen LogP contribution in [0.3, 0.4) is 0 Å². The molecule has 1 aliphatic heterocycles. The lowest BCUT2D eigenvalue weighted by molar-refractivity contribution is -0.0352. The minimum absolute atomic E-state index is 0.0731. The van der Waals surface area contributed by atoms with Gasteiger partial charge >= 0.3 is 0 Å². The number of aromatic nitrogens is 5. The molecule has 0 aromatic carbocycles. The summed E-state index contributed by atoms with van der Waals surface area (Å²) in [5.41, 5.74) is 0.590. The van der Waals surface area contributed by atoms with Crippen LogP contribution >= 0.6 is 0 Å². The normalized spacial score (nSPS) is 19.1. The van der Waals surface area contributed by atoms with Crippen LogP contribution < -0.4 is 0 Å². The molecule has 0 bridgehead atoms. The second-order valence-electron chi connectivity index (χ2n) is 6.00. The smallest absolute Gasteiger partial charge is 0.155 e. The second kappa shape index (κ2) is 6.89. The molecular formula is C15H21N7O. The number of aromatic amines is 1. The van der Waals surface area contributed by atoms with Gasteiger partial charge in [0.15, 0.2) is 11.6 Å². The molecule has 0 saturated carbocycles. The van der Waals surface area contributed by atoms with Gasteiger partial charge < -0.3 is 4.74 Å². The van der Waals surface area contributed by atoms with Crippen LogP contribution in [0.2, 0.25) is 0 Å². The van der Waals surface area contributed by atoms with Crippen LogP contribution in [0.25, 0.3) is 0 Å². The zero-order chi connectivity index (χ0) is 16.2. The number of nitrogens with one attached hydrogen (secondary N) is 1. The van der Waals surface area contributed by atoms with Crippen molar-refractivity contribution in [3.63, 3.8) is 0 Å². The van der Waals surface area contributed by atoms with E-state index in [1.54, 1.807) is 17.1 Å². The average Bonchev–Trinajstić information content (AvgIpc) is 3.22. The van der Waals surface area contributed by atoms with Gasteiger partial charge in [0.05, 0.1) is 24.9 Å². The second-order valence-corrected chi connectivity index (χ2v) is 6.00. The fourth-order valence-corrected chi connectivity index (χ4v) is 2.55. The Balaban J connectivity index is 1.56. The zero-order valence-corrected chi connectivity index (χ0v) is 13.4. The van der Waals surface area contributed by atoms with E-state index in [0.717, 1.165) is 37.8 Å². The molecule has 0 aliphatic carbocycles. The van der Waals surface area contributed by atoms with E-state index < -0.39 is 0 Å². The molecule has 2 aromatic rings. The topological polar surface area (TPSA) is 95.7 Å². The summed E-state index contributed by atoms with van der Waals surface area (Å²) < 4.78 is 7.62. The van der Waals surface area contributed by atoms with Gasteiger partial charge in [0.25, 0.3) is 0 Å². The quantitative estimate of drug-likeness (QED) is 0.886. The van der Waals surface area contributed by atoms with Crippen LogP contribution in [0, 0.1) is 11.3 Å². The lowest BCUT2D eigenvalue weighted by atomic mass is 10.2. The van der Waals surface area contributed by atoms with Crippen molar-refractivity contribution in [2.75, 3.05) is 26.2 Å². The molecule has 1 aliphatic rings. The number of nitrogens with zero attached hydrogens (tertiary/aromatic N) is 6. The number of hydrogen-bond acceptors (Lipinski definition) is 6. The van der Waals surface area contributed by atoms with Crippen LogP contribution in [0.5, 0.6) is 0 Å². The van der Waals surface area contributed by atoms with E-state index in [2.05, 4.69) is 45.1 Å². The molecule has 3 rings (SSSR count). The third-order valence-electron chi connectivity index (χ3n) is 3.90. The predicted octanol–water partition coefficient (Wildman–Crippen LogP) is 1.07. The highest BCUT2D eigenvalue weighted by Crippen LogP contribution is 2.20. The van der Waals surface area contributed by atoms with E-state index in [4.69, 9.17) is 10.00 Å². The lowest BCUT2D eigenvalue weighted by Gasteiger charge is -2.31. The standard InChI is InChI=1S/C15H21N7O/c1-11(2)14-18-15(20-19-14)13-10-21(5-6-23-13)3-4-22-9-12(7-16)8-17-22/h8-9,11,13H,3-6,10H2,1-2H3,(H,18,19,20)/t13-/m0/s1. The van der Waals surface area contributed by atoms with Crippen molar-refractivity contribution in [1.29, 1.82) is 5.26 Å². The maximum Gasteiger partial charge on any atom is 0.155 e. The summed E-state index contributed by atoms with van der Waals surface area (Å²) in [6, 6.07) is 2.09. The average molecular weight is 315 g/mol. The molecular weight excluding hydrogens is 294 g/mol. The van der Waals surface area contributed by atoms with Gasteiger partial charge in [-0.1, -0.05) is 13.8 Å². The van der Waals surface area contributed by atoms with Crippen molar-refractivity contribution in [2.24, 2.45) is 0 Å². The van der Waals surface area contributed by atoms with Crippen molar-refractivity contribution in [1.82, 2.24) is 29.9 Å². The van der Waals surface area contributed by atoms with Crippen molar-refractivity contribution in [3.05, 3.63) is 29.6 Å². The lowest BCUT2D eigenvalue weighted by Crippen LogP contribution is -2.40. The Labute approximate surface area is 135 Å². The molecule has 122 valence electrons. The van der Waals surface area contributed by atoms with Crippen LogP contribution in [-0.2, 0) is 11.3 Å². The minimum atomic E-state index is -0.0731. The van der Waals surface area contributed by atoms with Crippen LogP contribution in [-0.4, -0.2) is 56.1 Å². The van der Waals surface area contributed by atoms with Gasteiger partial charge in [-0.05, 0) is 0 Å². The Hall–Kier alpha value is -2.24. The number of nitriles is 1. The largest absolute Gasteiger partial charge is 0.368 e. The summed E-state index contributed by atoms with van der Waals surface area (Å²) >= 11 is 0. The summed E-state index contributed by atoms with van der Waals surface area (Å²) in [5, 5.41) is 20.2. The fraction of sp³-hybridized carbons (Fsp3) is 0.600. The third-order valence-corrected chi connectivity index (χ3v) is 3.90. The fourth-order valence-electron chi connectivity index (χ4n) is 2.55. The summed E-state index contributed by atoms with van der Waals surface area (Å²) in [6.45, 7) is 8.08. The van der Waals surface area contributed by atoms with Crippen molar-refractivity contribution < 1.29 is 4.74 Å². The van der Waals surface area contributed by atoms with E-state index in [1.807, 2.05) is 0 Å². The van der Waals surface area contributed by atoms with Gasteiger partial charge in [0.2, 0.25) is 0 Å². The molecule has 3 heterocycles. The zero-order valence-electron chi connectivity index (χ0n) is 13.4. The highest BCUT2D eigenvalue weighted by Gasteiger charge is 2.25. The molecule has 23 heavy (non-hydrogen) atoms. The summed E-state index contributed by atoms with van der Waals surface area (Å²) in [7, 11) is 0. The monoisotopic (exact) mass is 315 g/mol. The Kier molecular flexibility index (Phi) is 4.69. The number of morpholine rings is 1. The number of ether oxygens (including phenoxy) is 1. The van der Waals surface area contributed by atoms with E-state index in [0.29, 0.717) is 18.1 Å². The molecule has 0 spiro atoms. The molecule has 1 atom stereocenters. The highest BCUT2D eigenvalue weighted by atomic mass is 16.5. The van der Waals surface area contributed by atoms with Gasteiger partial charge in [0, 0.05) is 31.7 Å². The van der Waals surface area contributed by atoms with E-state index in [1.165, 1.54) is 0 Å². The Morgan fingerprint density at radius 3 is 3.04 bits per heavy atom. The molecule has 0 radical (unpaired) electrons. The number of hydrogen-bond donors (Lipinski definition) is 1. The Bertz CT molecular complexity index is 684. The van der Waals surface area contributed by atoms with Crippen molar-refractivity contribution >= 4 is 0 Å². The van der Waals surface area contributed by atoms with E-state index >= 15 is 0 Å². The first-order valence-corrected chi connectivity index (χ1v) is 7.84. The molecule has 8 heteroatoms. The summed E-state index contributed by atoms with van der Waals surface area (Å²) in [5.74, 6) is 1.92. The summed E-state index contributed by atoms with van der Waals surface area (Å²) in [6.07, 6.45) is 3.28. The van der Waals surface area contributed by atoms with Crippen molar-refractivity contribution in [2.45, 2.75) is 32.4 Å².